The Bertz CT molecular complexity index is 791. The summed E-state index contributed by atoms with van der Waals surface area (Å²) >= 11 is 0. The van der Waals surface area contributed by atoms with Crippen molar-refractivity contribution in [3.05, 3.63) is 0 Å². The maximum atomic E-state index is 12.2. The summed E-state index contributed by atoms with van der Waals surface area (Å²) in [5, 5.41) is 35.0. The molecule has 0 aromatic rings. The number of aliphatic hydroxyl groups excluding tert-OH is 3. The molecule has 0 aromatic carbocycles. The summed E-state index contributed by atoms with van der Waals surface area (Å²) in [4.78, 5) is 12.2. The third-order valence-electron chi connectivity index (χ3n) is 12.3. The Kier molecular flexibility index (Phi) is 7.71. The Morgan fingerprint density at radius 2 is 1.69 bits per heavy atom. The summed E-state index contributed by atoms with van der Waals surface area (Å²) in [7, 11) is 0. The summed E-state index contributed by atoms with van der Waals surface area (Å²) in [6.07, 6.45) is 11.9. The number of amides is 1. The quantitative estimate of drug-likeness (QED) is 0.379. The van der Waals surface area contributed by atoms with Crippen molar-refractivity contribution in [2.24, 2.45) is 46.3 Å². The van der Waals surface area contributed by atoms with Gasteiger partial charge in [-0.3, -0.25) is 0 Å². The van der Waals surface area contributed by atoms with Crippen LogP contribution in [0.4, 0.5) is 4.79 Å². The van der Waals surface area contributed by atoms with E-state index in [2.05, 4.69) is 26.1 Å². The maximum absolute atomic E-state index is 12.2. The number of alkyl carbamates (subject to hydrolysis) is 1. The van der Waals surface area contributed by atoms with Crippen molar-refractivity contribution >= 4 is 6.09 Å². The standard InChI is InChI=1S/C30H51NO5/c1-4-20-23-17-19(32)12-14-30(23,3)22-13-15-29(2)18(10-11-21(29)26(22)27(20)34)7-6-16-36-28(35)31-24-8-5-9-25(24)33/h18-27,32-34H,4-17H2,1-3H3,(H,31,35)/t18-,19+,20+,21-,22-,23-,24?,25?,26-,27+,29+,30+/m0/s1. The highest BCUT2D eigenvalue weighted by molar-refractivity contribution is 5.67. The monoisotopic (exact) mass is 505 g/mol. The number of rotatable bonds is 6. The third kappa shape index (κ3) is 4.51. The summed E-state index contributed by atoms with van der Waals surface area (Å²) in [5.74, 6) is 2.90. The first kappa shape index (κ1) is 26.7. The molecule has 0 saturated heterocycles. The fourth-order valence-electron chi connectivity index (χ4n) is 10.3. The van der Waals surface area contributed by atoms with Crippen LogP contribution in [0.2, 0.25) is 0 Å². The molecular formula is C30H51NO5. The van der Waals surface area contributed by atoms with E-state index in [1.165, 1.54) is 25.7 Å². The average molecular weight is 506 g/mol. The SMILES string of the molecule is CC[C@H]1[C@@H](O)[C@@H]2[C@H](CC[C@]3(C)[C@@H](CCCOC(=O)NC4CCCC4O)CC[C@@H]23)[C@@]2(C)CC[C@@H](O)C[C@@H]12. The number of carbonyl (C=O) groups excluding carboxylic acids is 1. The number of hydrogen-bond acceptors (Lipinski definition) is 5. The lowest BCUT2D eigenvalue weighted by molar-refractivity contribution is -0.202. The summed E-state index contributed by atoms with van der Waals surface area (Å²) < 4.78 is 5.47. The molecule has 0 bridgehead atoms. The van der Waals surface area contributed by atoms with Crippen molar-refractivity contribution in [1.82, 2.24) is 5.32 Å². The fraction of sp³-hybridized carbons (Fsp3) is 0.967. The van der Waals surface area contributed by atoms with E-state index in [1.807, 2.05) is 0 Å². The first-order valence-corrected chi connectivity index (χ1v) is 15.2. The Morgan fingerprint density at radius 3 is 2.42 bits per heavy atom. The van der Waals surface area contributed by atoms with Crippen LogP contribution in [0, 0.1) is 46.3 Å². The number of carbonyl (C=O) groups is 1. The fourth-order valence-corrected chi connectivity index (χ4v) is 10.3. The van der Waals surface area contributed by atoms with Crippen molar-refractivity contribution in [1.29, 1.82) is 0 Å². The Morgan fingerprint density at radius 1 is 0.944 bits per heavy atom. The lowest BCUT2D eigenvalue weighted by Crippen LogP contribution is -2.62. The molecule has 6 nitrogen and oxygen atoms in total. The lowest BCUT2D eigenvalue weighted by atomic mass is 9.41. The Labute approximate surface area is 218 Å². The minimum Gasteiger partial charge on any atom is -0.450 e. The smallest absolute Gasteiger partial charge is 0.407 e. The van der Waals surface area contributed by atoms with E-state index in [0.29, 0.717) is 42.1 Å². The van der Waals surface area contributed by atoms with Crippen LogP contribution in [0.15, 0.2) is 0 Å². The van der Waals surface area contributed by atoms with Gasteiger partial charge in [-0.05, 0) is 123 Å². The van der Waals surface area contributed by atoms with Crippen molar-refractivity contribution in [3.63, 3.8) is 0 Å². The van der Waals surface area contributed by atoms with Crippen LogP contribution in [-0.2, 0) is 4.74 Å². The molecule has 4 N–H and O–H groups in total. The molecule has 5 aliphatic carbocycles. The molecule has 2 unspecified atom stereocenters. The topological polar surface area (TPSA) is 99.0 Å². The van der Waals surface area contributed by atoms with Gasteiger partial charge >= 0.3 is 6.09 Å². The molecule has 12 atom stereocenters. The van der Waals surface area contributed by atoms with Crippen molar-refractivity contribution in [2.75, 3.05) is 6.61 Å². The zero-order valence-electron chi connectivity index (χ0n) is 22.8. The van der Waals surface area contributed by atoms with Gasteiger partial charge in [-0.1, -0.05) is 27.2 Å². The third-order valence-corrected chi connectivity index (χ3v) is 12.3. The number of fused-ring (bicyclic) bond motifs is 5. The predicted molar refractivity (Wildman–Crippen MR) is 139 cm³/mol. The molecule has 206 valence electrons. The van der Waals surface area contributed by atoms with E-state index in [4.69, 9.17) is 4.74 Å². The van der Waals surface area contributed by atoms with Crippen LogP contribution in [0.3, 0.4) is 0 Å². The minimum absolute atomic E-state index is 0.162. The van der Waals surface area contributed by atoms with E-state index in [9.17, 15) is 20.1 Å². The van der Waals surface area contributed by atoms with Gasteiger partial charge in [0.05, 0.1) is 31.0 Å². The van der Waals surface area contributed by atoms with Crippen LogP contribution in [0.25, 0.3) is 0 Å². The summed E-state index contributed by atoms with van der Waals surface area (Å²) in [6, 6.07) is -0.162. The first-order chi connectivity index (χ1) is 17.2. The number of aliphatic hydroxyl groups is 3. The van der Waals surface area contributed by atoms with Gasteiger partial charge < -0.3 is 25.4 Å². The highest BCUT2D eigenvalue weighted by Gasteiger charge is 2.64. The van der Waals surface area contributed by atoms with E-state index in [1.54, 1.807) is 0 Å². The molecule has 5 aliphatic rings. The molecule has 5 saturated carbocycles. The molecule has 36 heavy (non-hydrogen) atoms. The molecule has 5 fully saturated rings. The molecular weight excluding hydrogens is 454 g/mol. The van der Waals surface area contributed by atoms with Gasteiger partial charge in [0.15, 0.2) is 0 Å². The van der Waals surface area contributed by atoms with Crippen LogP contribution >= 0.6 is 0 Å². The largest absolute Gasteiger partial charge is 0.450 e. The zero-order chi connectivity index (χ0) is 25.7. The van der Waals surface area contributed by atoms with Crippen molar-refractivity contribution in [3.8, 4) is 0 Å². The molecule has 0 radical (unpaired) electrons. The van der Waals surface area contributed by atoms with E-state index in [0.717, 1.165) is 57.8 Å². The van der Waals surface area contributed by atoms with Crippen LogP contribution in [-0.4, -0.2) is 52.4 Å². The molecule has 0 aliphatic heterocycles. The lowest BCUT2D eigenvalue weighted by Gasteiger charge is -2.64. The highest BCUT2D eigenvalue weighted by Crippen LogP contribution is 2.69. The van der Waals surface area contributed by atoms with Gasteiger partial charge in [-0.25, -0.2) is 4.79 Å². The van der Waals surface area contributed by atoms with Gasteiger partial charge in [0.1, 0.15) is 0 Å². The highest BCUT2D eigenvalue weighted by atomic mass is 16.5. The number of ether oxygens (including phenoxy) is 1. The zero-order valence-corrected chi connectivity index (χ0v) is 22.8. The minimum atomic E-state index is -0.443. The molecule has 1 amide bonds. The molecule has 0 spiro atoms. The van der Waals surface area contributed by atoms with Gasteiger partial charge in [-0.15, -0.1) is 0 Å². The van der Waals surface area contributed by atoms with E-state index < -0.39 is 12.2 Å². The summed E-state index contributed by atoms with van der Waals surface area (Å²) in [6.45, 7) is 7.66. The second-order valence-electron chi connectivity index (χ2n) is 13.7. The van der Waals surface area contributed by atoms with Crippen molar-refractivity contribution < 1.29 is 24.9 Å². The first-order valence-electron chi connectivity index (χ1n) is 15.2. The molecule has 0 heterocycles. The van der Waals surface area contributed by atoms with Crippen LogP contribution < -0.4 is 5.32 Å². The average Bonchev–Trinajstić information content (AvgIpc) is 3.40. The van der Waals surface area contributed by atoms with Gasteiger partial charge in [0.2, 0.25) is 0 Å². The summed E-state index contributed by atoms with van der Waals surface area (Å²) in [5.41, 5.74) is 0.505. The Hall–Kier alpha value is -0.850. The van der Waals surface area contributed by atoms with Crippen molar-refractivity contribution in [2.45, 2.75) is 129 Å². The molecule has 0 aromatic heterocycles. The van der Waals surface area contributed by atoms with Crippen LogP contribution in [0.1, 0.15) is 104 Å². The number of nitrogens with one attached hydrogen (secondary N) is 1. The van der Waals surface area contributed by atoms with Crippen LogP contribution in [0.5, 0.6) is 0 Å². The molecule has 5 rings (SSSR count). The van der Waals surface area contributed by atoms with E-state index >= 15 is 0 Å². The normalized spacial score (nSPS) is 50.2. The predicted octanol–water partition coefficient (Wildman–Crippen LogP) is 5.03. The number of hydrogen-bond donors (Lipinski definition) is 4. The van der Waals surface area contributed by atoms with Gasteiger partial charge in [0, 0.05) is 0 Å². The molecule has 6 heteroatoms. The van der Waals surface area contributed by atoms with E-state index in [-0.39, 0.29) is 29.1 Å². The van der Waals surface area contributed by atoms with Gasteiger partial charge in [0.25, 0.3) is 0 Å². The second-order valence-corrected chi connectivity index (χ2v) is 13.7. The van der Waals surface area contributed by atoms with Gasteiger partial charge in [-0.2, -0.15) is 0 Å². The maximum Gasteiger partial charge on any atom is 0.407 e. The second kappa shape index (κ2) is 10.4. The Balaban J connectivity index is 1.20.